The smallest absolute Gasteiger partial charge is 0.319 e. The number of anilines is 1. The van der Waals surface area contributed by atoms with Gasteiger partial charge in [0.1, 0.15) is 0 Å². The molecule has 6 nitrogen and oxygen atoms in total. The molecular weight excluding hydrogens is 280 g/mol. The van der Waals surface area contributed by atoms with E-state index in [1.165, 1.54) is 0 Å². The molecule has 1 atom stereocenters. The number of hydrogen-bond donors (Lipinski definition) is 3. The fourth-order valence-electron chi connectivity index (χ4n) is 2.06. The molecule has 0 spiro atoms. The van der Waals surface area contributed by atoms with Gasteiger partial charge in [0.15, 0.2) is 0 Å². The molecule has 0 aliphatic rings. The van der Waals surface area contributed by atoms with Gasteiger partial charge in [0.05, 0.1) is 25.4 Å². The maximum absolute atomic E-state index is 11.8. The van der Waals surface area contributed by atoms with Crippen molar-refractivity contribution in [3.05, 3.63) is 47.8 Å². The first-order valence-electron chi connectivity index (χ1n) is 7.37. The molecule has 0 saturated carbocycles. The quantitative estimate of drug-likeness (QED) is 0.765. The predicted molar refractivity (Wildman–Crippen MR) is 85.8 cm³/mol. The molecule has 1 unspecified atom stereocenters. The largest absolute Gasteiger partial charge is 0.394 e. The first-order chi connectivity index (χ1) is 10.6. The van der Waals surface area contributed by atoms with Gasteiger partial charge in [0.2, 0.25) is 0 Å². The van der Waals surface area contributed by atoms with E-state index >= 15 is 0 Å². The molecule has 3 N–H and O–H groups in total. The fraction of sp³-hybridized carbons (Fsp3) is 0.375. The molecule has 2 rings (SSSR count). The van der Waals surface area contributed by atoms with Crippen LogP contribution in [0.3, 0.4) is 0 Å². The minimum atomic E-state index is -0.309. The van der Waals surface area contributed by atoms with E-state index in [4.69, 9.17) is 5.11 Å². The number of benzene rings is 1. The molecule has 118 valence electrons. The molecule has 1 aromatic carbocycles. The van der Waals surface area contributed by atoms with Gasteiger partial charge in [0.25, 0.3) is 0 Å². The Balaban J connectivity index is 1.90. The molecule has 0 radical (unpaired) electrons. The number of urea groups is 1. The molecule has 22 heavy (non-hydrogen) atoms. The Kier molecular flexibility index (Phi) is 5.55. The van der Waals surface area contributed by atoms with Crippen LogP contribution in [0.25, 0.3) is 0 Å². The lowest BCUT2D eigenvalue weighted by atomic mass is 10.2. The number of aromatic nitrogens is 2. The SMILES string of the molecule is CCC(CO)NC(=O)Nc1ccc(Cn2cc(C)cn2)cc1. The fourth-order valence-corrected chi connectivity index (χ4v) is 2.06. The number of carbonyl (C=O) groups is 1. The third kappa shape index (κ3) is 4.60. The highest BCUT2D eigenvalue weighted by atomic mass is 16.3. The molecule has 0 aliphatic heterocycles. The summed E-state index contributed by atoms with van der Waals surface area (Å²) >= 11 is 0. The summed E-state index contributed by atoms with van der Waals surface area (Å²) in [5, 5.41) is 18.8. The van der Waals surface area contributed by atoms with Gasteiger partial charge in [-0.1, -0.05) is 19.1 Å². The van der Waals surface area contributed by atoms with Gasteiger partial charge in [-0.05, 0) is 36.6 Å². The summed E-state index contributed by atoms with van der Waals surface area (Å²) in [5.41, 5.74) is 2.95. The van der Waals surface area contributed by atoms with Crippen molar-refractivity contribution in [2.24, 2.45) is 0 Å². The molecule has 0 fully saturated rings. The Bertz CT molecular complexity index is 603. The number of amides is 2. The second-order valence-corrected chi connectivity index (χ2v) is 5.30. The lowest BCUT2D eigenvalue weighted by Gasteiger charge is -2.14. The van der Waals surface area contributed by atoms with Gasteiger partial charge in [-0.15, -0.1) is 0 Å². The van der Waals surface area contributed by atoms with Gasteiger partial charge in [-0.25, -0.2) is 4.79 Å². The normalized spacial score (nSPS) is 12.0. The maximum atomic E-state index is 11.8. The van der Waals surface area contributed by atoms with E-state index in [0.717, 1.165) is 11.1 Å². The third-order valence-electron chi connectivity index (χ3n) is 3.37. The summed E-state index contributed by atoms with van der Waals surface area (Å²) < 4.78 is 1.87. The van der Waals surface area contributed by atoms with Crippen LogP contribution in [0.2, 0.25) is 0 Å². The van der Waals surface area contributed by atoms with Crippen LogP contribution in [-0.4, -0.2) is 33.6 Å². The van der Waals surface area contributed by atoms with Crippen LogP contribution in [0, 0.1) is 6.92 Å². The molecule has 0 saturated heterocycles. The second-order valence-electron chi connectivity index (χ2n) is 5.30. The van der Waals surface area contributed by atoms with Crippen LogP contribution < -0.4 is 10.6 Å². The number of carbonyl (C=O) groups excluding carboxylic acids is 1. The van der Waals surface area contributed by atoms with Crippen molar-refractivity contribution in [3.8, 4) is 0 Å². The van der Waals surface area contributed by atoms with Crippen LogP contribution in [-0.2, 0) is 6.54 Å². The Morgan fingerprint density at radius 2 is 2.09 bits per heavy atom. The molecule has 0 aliphatic carbocycles. The average molecular weight is 302 g/mol. The van der Waals surface area contributed by atoms with E-state index < -0.39 is 0 Å². The zero-order valence-electron chi connectivity index (χ0n) is 12.9. The second kappa shape index (κ2) is 7.61. The van der Waals surface area contributed by atoms with E-state index in [0.29, 0.717) is 18.7 Å². The molecule has 6 heteroatoms. The molecule has 2 amide bonds. The number of aliphatic hydroxyl groups is 1. The van der Waals surface area contributed by atoms with E-state index in [9.17, 15) is 4.79 Å². The lowest BCUT2D eigenvalue weighted by molar-refractivity contribution is 0.222. The van der Waals surface area contributed by atoms with Crippen molar-refractivity contribution in [3.63, 3.8) is 0 Å². The van der Waals surface area contributed by atoms with Crippen molar-refractivity contribution >= 4 is 11.7 Å². The standard InChI is InChI=1S/C16H22N4O2/c1-3-14(11-21)18-16(22)19-15-6-4-13(5-7-15)10-20-9-12(2)8-17-20/h4-9,14,21H,3,10-11H2,1-2H3,(H2,18,19,22). The Labute approximate surface area is 130 Å². The number of aryl methyl sites for hydroxylation is 1. The van der Waals surface area contributed by atoms with E-state index in [1.54, 1.807) is 0 Å². The summed E-state index contributed by atoms with van der Waals surface area (Å²) in [6.45, 7) is 4.55. The minimum absolute atomic E-state index is 0.0633. The number of rotatable bonds is 6. The van der Waals surface area contributed by atoms with E-state index in [2.05, 4.69) is 15.7 Å². The molecular formula is C16H22N4O2. The van der Waals surface area contributed by atoms with Crippen LogP contribution in [0.15, 0.2) is 36.7 Å². The Hall–Kier alpha value is -2.34. The number of hydrogen-bond acceptors (Lipinski definition) is 3. The van der Waals surface area contributed by atoms with E-state index in [1.807, 2.05) is 55.2 Å². The third-order valence-corrected chi connectivity index (χ3v) is 3.37. The summed E-state index contributed by atoms with van der Waals surface area (Å²) in [6, 6.07) is 7.08. The maximum Gasteiger partial charge on any atom is 0.319 e. The first kappa shape index (κ1) is 16.0. The number of nitrogens with zero attached hydrogens (tertiary/aromatic N) is 2. The molecule has 2 aromatic rings. The van der Waals surface area contributed by atoms with Crippen molar-refractivity contribution in [2.75, 3.05) is 11.9 Å². The summed E-state index contributed by atoms with van der Waals surface area (Å²) in [7, 11) is 0. The van der Waals surface area contributed by atoms with Crippen molar-refractivity contribution < 1.29 is 9.90 Å². The van der Waals surface area contributed by atoms with E-state index in [-0.39, 0.29) is 18.7 Å². The van der Waals surface area contributed by atoms with Crippen LogP contribution in [0.5, 0.6) is 0 Å². The van der Waals surface area contributed by atoms with Gasteiger partial charge in [-0.3, -0.25) is 4.68 Å². The average Bonchev–Trinajstić information content (AvgIpc) is 2.92. The van der Waals surface area contributed by atoms with Crippen LogP contribution in [0.4, 0.5) is 10.5 Å². The zero-order chi connectivity index (χ0) is 15.9. The van der Waals surface area contributed by atoms with Crippen molar-refractivity contribution in [2.45, 2.75) is 32.9 Å². The van der Waals surface area contributed by atoms with Gasteiger partial charge < -0.3 is 15.7 Å². The van der Waals surface area contributed by atoms with Gasteiger partial charge >= 0.3 is 6.03 Å². The van der Waals surface area contributed by atoms with Crippen LogP contribution in [0.1, 0.15) is 24.5 Å². The monoisotopic (exact) mass is 302 g/mol. The summed E-state index contributed by atoms with van der Waals surface area (Å²) in [4.78, 5) is 11.8. The van der Waals surface area contributed by atoms with Gasteiger partial charge in [-0.2, -0.15) is 5.10 Å². The predicted octanol–water partition coefficient (Wildman–Crippen LogP) is 2.13. The molecule has 1 aromatic heterocycles. The highest BCUT2D eigenvalue weighted by molar-refractivity contribution is 5.89. The van der Waals surface area contributed by atoms with Crippen molar-refractivity contribution in [1.29, 1.82) is 0 Å². The highest BCUT2D eigenvalue weighted by Gasteiger charge is 2.08. The molecule has 1 heterocycles. The van der Waals surface area contributed by atoms with Gasteiger partial charge in [0, 0.05) is 11.9 Å². The van der Waals surface area contributed by atoms with Crippen molar-refractivity contribution in [1.82, 2.24) is 15.1 Å². The Morgan fingerprint density at radius 1 is 1.36 bits per heavy atom. The first-order valence-corrected chi connectivity index (χ1v) is 7.37. The zero-order valence-corrected chi connectivity index (χ0v) is 12.9. The lowest BCUT2D eigenvalue weighted by Crippen LogP contribution is -2.39. The summed E-state index contributed by atoms with van der Waals surface area (Å²) in [6.07, 6.45) is 4.50. The summed E-state index contributed by atoms with van der Waals surface area (Å²) in [5.74, 6) is 0. The topological polar surface area (TPSA) is 79.2 Å². The Morgan fingerprint density at radius 3 is 2.64 bits per heavy atom. The molecule has 0 bridgehead atoms. The number of aliphatic hydroxyl groups excluding tert-OH is 1. The number of nitrogens with one attached hydrogen (secondary N) is 2. The minimum Gasteiger partial charge on any atom is -0.394 e. The highest BCUT2D eigenvalue weighted by Crippen LogP contribution is 2.11. The van der Waals surface area contributed by atoms with Crippen LogP contribution >= 0.6 is 0 Å².